The Morgan fingerprint density at radius 3 is 2.43 bits per heavy atom. The molecule has 1 aliphatic heterocycles. The molecule has 1 aromatic rings. The fourth-order valence-corrected chi connectivity index (χ4v) is 4.70. The normalized spacial score (nSPS) is 16.8. The molecule has 0 bridgehead atoms. The number of nitrogens with zero attached hydrogens (tertiary/aromatic N) is 3. The molecular weight excluding hydrogens is 318 g/mol. The quantitative estimate of drug-likeness (QED) is 0.710. The Morgan fingerprint density at radius 2 is 1.90 bits per heavy atom. The molecule has 2 heterocycles. The Bertz CT molecular complexity index is 647. The highest BCUT2D eigenvalue weighted by Gasteiger charge is 2.34. The van der Waals surface area contributed by atoms with Crippen LogP contribution in [0.5, 0.6) is 0 Å². The van der Waals surface area contributed by atoms with Crippen LogP contribution >= 0.6 is 11.3 Å². The summed E-state index contributed by atoms with van der Waals surface area (Å²) < 4.78 is 30.8. The van der Waals surface area contributed by atoms with Crippen LogP contribution in [0.2, 0.25) is 0 Å². The first kappa shape index (κ1) is 15.9. The molecule has 0 unspecified atom stereocenters. The number of ether oxygens (including phenoxy) is 1. The highest BCUT2D eigenvalue weighted by Crippen LogP contribution is 2.25. The third-order valence-electron chi connectivity index (χ3n) is 3.17. The number of hydrogen-bond acceptors (Lipinski definition) is 7. The molecule has 0 radical (unpaired) electrons. The minimum Gasteiger partial charge on any atom is -0.464 e. The first-order chi connectivity index (χ1) is 9.87. The Morgan fingerprint density at radius 1 is 1.29 bits per heavy atom. The number of sulfonamides is 1. The van der Waals surface area contributed by atoms with Gasteiger partial charge in [0.25, 0.3) is 10.0 Å². The van der Waals surface area contributed by atoms with Crippen LogP contribution in [0.15, 0.2) is 9.72 Å². The summed E-state index contributed by atoms with van der Waals surface area (Å²) in [6.07, 6.45) is 0. The van der Waals surface area contributed by atoms with Gasteiger partial charge in [0.15, 0.2) is 9.90 Å². The Kier molecular flexibility index (Phi) is 4.59. The SMILES string of the molecule is COC(=O)c1ncsc1S(=O)(=O)N1CCN(C(C)=O)CC1. The van der Waals surface area contributed by atoms with Crippen molar-refractivity contribution in [1.82, 2.24) is 14.2 Å². The van der Waals surface area contributed by atoms with Crippen LogP contribution in [0.3, 0.4) is 0 Å². The number of aromatic nitrogens is 1. The summed E-state index contributed by atoms with van der Waals surface area (Å²) in [4.78, 5) is 28.2. The van der Waals surface area contributed by atoms with Crippen LogP contribution in [0, 0.1) is 0 Å². The molecule has 1 amide bonds. The zero-order chi connectivity index (χ0) is 15.6. The summed E-state index contributed by atoms with van der Waals surface area (Å²) in [6.45, 7) is 2.51. The maximum Gasteiger partial charge on any atom is 0.358 e. The molecule has 0 aromatic carbocycles. The van der Waals surface area contributed by atoms with E-state index < -0.39 is 16.0 Å². The van der Waals surface area contributed by atoms with E-state index in [-0.39, 0.29) is 28.9 Å². The molecule has 10 heteroatoms. The number of piperazine rings is 1. The fraction of sp³-hybridized carbons (Fsp3) is 0.545. The molecule has 0 atom stereocenters. The summed E-state index contributed by atoms with van der Waals surface area (Å²) in [6, 6.07) is 0. The van der Waals surface area contributed by atoms with Crippen LogP contribution in [-0.2, 0) is 19.6 Å². The molecule has 21 heavy (non-hydrogen) atoms. The fourth-order valence-electron chi connectivity index (χ4n) is 2.01. The third-order valence-corrected chi connectivity index (χ3v) is 6.42. The number of thiazole rings is 1. The minimum absolute atomic E-state index is 0.0833. The highest BCUT2D eigenvalue weighted by atomic mass is 32.2. The van der Waals surface area contributed by atoms with Crippen molar-refractivity contribution in [3.05, 3.63) is 11.2 Å². The molecule has 0 saturated carbocycles. The predicted molar refractivity (Wildman–Crippen MR) is 74.5 cm³/mol. The Balaban J connectivity index is 2.22. The van der Waals surface area contributed by atoms with Gasteiger partial charge in [0, 0.05) is 33.1 Å². The van der Waals surface area contributed by atoms with E-state index in [1.807, 2.05) is 0 Å². The van der Waals surface area contributed by atoms with Gasteiger partial charge in [0.05, 0.1) is 12.6 Å². The van der Waals surface area contributed by atoms with E-state index in [9.17, 15) is 18.0 Å². The van der Waals surface area contributed by atoms with Crippen molar-refractivity contribution in [3.8, 4) is 0 Å². The van der Waals surface area contributed by atoms with Gasteiger partial charge in [-0.2, -0.15) is 4.31 Å². The van der Waals surface area contributed by atoms with Crippen molar-refractivity contribution in [2.45, 2.75) is 11.1 Å². The number of hydrogen-bond donors (Lipinski definition) is 0. The zero-order valence-corrected chi connectivity index (χ0v) is 13.2. The maximum atomic E-state index is 12.6. The number of carbonyl (C=O) groups is 2. The van der Waals surface area contributed by atoms with Crippen LogP contribution in [-0.4, -0.2) is 67.8 Å². The largest absolute Gasteiger partial charge is 0.464 e. The zero-order valence-electron chi connectivity index (χ0n) is 11.6. The monoisotopic (exact) mass is 333 g/mol. The van der Waals surface area contributed by atoms with Crippen molar-refractivity contribution < 1.29 is 22.7 Å². The summed E-state index contributed by atoms with van der Waals surface area (Å²) >= 11 is 0.879. The first-order valence-electron chi connectivity index (χ1n) is 6.15. The van der Waals surface area contributed by atoms with Gasteiger partial charge in [-0.1, -0.05) is 0 Å². The van der Waals surface area contributed by atoms with Crippen molar-refractivity contribution in [2.24, 2.45) is 0 Å². The van der Waals surface area contributed by atoms with Crippen LogP contribution in [0.25, 0.3) is 0 Å². The summed E-state index contributed by atoms with van der Waals surface area (Å²) in [5.41, 5.74) is 1.10. The van der Waals surface area contributed by atoms with E-state index in [0.717, 1.165) is 11.3 Å². The van der Waals surface area contributed by atoms with Crippen LogP contribution < -0.4 is 0 Å². The Hall–Kier alpha value is -1.52. The molecule has 1 aromatic heterocycles. The molecule has 0 spiro atoms. The number of amides is 1. The third kappa shape index (κ3) is 3.06. The standard InChI is InChI=1S/C11H15N3O5S2/c1-8(15)13-3-5-14(6-4-13)21(17,18)11-9(10(16)19-2)12-7-20-11/h7H,3-6H2,1-2H3. The van der Waals surface area contributed by atoms with Gasteiger partial charge in [0.2, 0.25) is 5.91 Å². The molecule has 2 rings (SSSR count). The molecule has 1 fully saturated rings. The van der Waals surface area contributed by atoms with E-state index in [4.69, 9.17) is 0 Å². The second-order valence-corrected chi connectivity index (χ2v) is 7.38. The highest BCUT2D eigenvalue weighted by molar-refractivity contribution is 7.91. The average molecular weight is 333 g/mol. The second kappa shape index (κ2) is 6.08. The Labute approximate surface area is 126 Å². The van der Waals surface area contributed by atoms with Gasteiger partial charge in [0.1, 0.15) is 0 Å². The van der Waals surface area contributed by atoms with Gasteiger partial charge >= 0.3 is 5.97 Å². The van der Waals surface area contributed by atoms with Gasteiger partial charge in [-0.3, -0.25) is 4.79 Å². The molecule has 0 aliphatic carbocycles. The van der Waals surface area contributed by atoms with Gasteiger partial charge in [-0.25, -0.2) is 18.2 Å². The van der Waals surface area contributed by atoms with E-state index >= 15 is 0 Å². The van der Waals surface area contributed by atoms with Crippen molar-refractivity contribution >= 4 is 33.2 Å². The van der Waals surface area contributed by atoms with Gasteiger partial charge in [-0.15, -0.1) is 11.3 Å². The topological polar surface area (TPSA) is 96.9 Å². The van der Waals surface area contributed by atoms with Crippen LogP contribution in [0.1, 0.15) is 17.4 Å². The summed E-state index contributed by atoms with van der Waals surface area (Å²) in [7, 11) is -2.63. The lowest BCUT2D eigenvalue weighted by atomic mass is 10.3. The van der Waals surface area contributed by atoms with Gasteiger partial charge < -0.3 is 9.64 Å². The smallest absolute Gasteiger partial charge is 0.358 e. The van der Waals surface area contributed by atoms with Crippen molar-refractivity contribution in [3.63, 3.8) is 0 Å². The molecule has 116 valence electrons. The second-order valence-electron chi connectivity index (χ2n) is 4.39. The lowest BCUT2D eigenvalue weighted by Crippen LogP contribution is -2.50. The predicted octanol–water partition coefficient (Wildman–Crippen LogP) is -0.218. The van der Waals surface area contributed by atoms with Gasteiger partial charge in [-0.05, 0) is 0 Å². The van der Waals surface area contributed by atoms with E-state index in [1.165, 1.54) is 23.8 Å². The summed E-state index contributed by atoms with van der Waals surface area (Å²) in [5, 5.41) is 0. The van der Waals surface area contributed by atoms with E-state index in [1.54, 1.807) is 4.90 Å². The number of esters is 1. The maximum absolute atomic E-state index is 12.6. The number of methoxy groups -OCH3 is 1. The molecular formula is C11H15N3O5S2. The molecule has 8 nitrogen and oxygen atoms in total. The first-order valence-corrected chi connectivity index (χ1v) is 8.47. The van der Waals surface area contributed by atoms with Crippen molar-refractivity contribution in [2.75, 3.05) is 33.3 Å². The minimum atomic E-state index is -3.80. The van der Waals surface area contributed by atoms with E-state index in [0.29, 0.717) is 13.1 Å². The average Bonchev–Trinajstić information content (AvgIpc) is 2.96. The number of carbonyl (C=O) groups excluding carboxylic acids is 2. The summed E-state index contributed by atoms with van der Waals surface area (Å²) in [5.74, 6) is -0.864. The van der Waals surface area contributed by atoms with Crippen LogP contribution in [0.4, 0.5) is 0 Å². The number of rotatable bonds is 3. The van der Waals surface area contributed by atoms with Crippen molar-refractivity contribution in [1.29, 1.82) is 0 Å². The molecule has 1 saturated heterocycles. The molecule has 0 N–H and O–H groups in total. The molecule has 1 aliphatic rings. The lowest BCUT2D eigenvalue weighted by Gasteiger charge is -2.33. The van der Waals surface area contributed by atoms with E-state index in [2.05, 4.69) is 9.72 Å². The lowest BCUT2D eigenvalue weighted by molar-refractivity contribution is -0.129.